The summed E-state index contributed by atoms with van der Waals surface area (Å²) in [5.41, 5.74) is 1.23. The second-order valence-electron chi connectivity index (χ2n) is 4.61. The van der Waals surface area contributed by atoms with Crippen LogP contribution in [0.5, 0.6) is 11.5 Å². The van der Waals surface area contributed by atoms with E-state index in [0.717, 1.165) is 12.8 Å². The normalized spacial score (nSPS) is 10.2. The summed E-state index contributed by atoms with van der Waals surface area (Å²) in [7, 11) is 0. The van der Waals surface area contributed by atoms with Crippen molar-refractivity contribution in [1.29, 1.82) is 0 Å². The Labute approximate surface area is 123 Å². The van der Waals surface area contributed by atoms with Gasteiger partial charge in [-0.1, -0.05) is 25.5 Å². The van der Waals surface area contributed by atoms with Crippen LogP contribution in [0.4, 0.5) is 4.39 Å². The van der Waals surface area contributed by atoms with Gasteiger partial charge < -0.3 is 9.47 Å². The molecule has 0 radical (unpaired) electrons. The van der Waals surface area contributed by atoms with E-state index in [-0.39, 0.29) is 12.4 Å². The van der Waals surface area contributed by atoms with Gasteiger partial charge in [-0.05, 0) is 48.4 Å². The molecule has 21 heavy (non-hydrogen) atoms. The number of carbonyl (C=O) groups excluding carboxylic acids is 1. The van der Waals surface area contributed by atoms with Crippen LogP contribution in [0.2, 0.25) is 0 Å². The van der Waals surface area contributed by atoms with Crippen LogP contribution in [0.15, 0.2) is 48.5 Å². The number of carbonyl (C=O) groups is 1. The summed E-state index contributed by atoms with van der Waals surface area (Å²) in [5, 5.41) is 0. The molecule has 0 aromatic heterocycles. The first kappa shape index (κ1) is 15.0. The molecule has 0 atom stereocenters. The minimum Gasteiger partial charge on any atom is -0.482 e. The maximum absolute atomic E-state index is 12.7. The molecule has 2 aromatic carbocycles. The molecule has 0 aliphatic carbocycles. The van der Waals surface area contributed by atoms with Crippen molar-refractivity contribution in [3.8, 4) is 11.5 Å². The summed E-state index contributed by atoms with van der Waals surface area (Å²) in [6.07, 6.45) is 2.11. The molecule has 2 rings (SSSR count). The van der Waals surface area contributed by atoms with Crippen LogP contribution >= 0.6 is 0 Å². The molecule has 0 aliphatic heterocycles. The molecule has 3 nitrogen and oxygen atoms in total. The first-order valence-electron chi connectivity index (χ1n) is 6.85. The van der Waals surface area contributed by atoms with Crippen molar-refractivity contribution >= 4 is 5.97 Å². The summed E-state index contributed by atoms with van der Waals surface area (Å²) in [4.78, 5) is 11.6. The number of ether oxygens (including phenoxy) is 2. The third-order valence-corrected chi connectivity index (χ3v) is 2.86. The Kier molecular flexibility index (Phi) is 5.32. The second kappa shape index (κ2) is 7.43. The van der Waals surface area contributed by atoms with Crippen LogP contribution in [-0.2, 0) is 11.2 Å². The van der Waals surface area contributed by atoms with Crippen LogP contribution < -0.4 is 9.47 Å². The van der Waals surface area contributed by atoms with E-state index < -0.39 is 5.97 Å². The number of benzene rings is 2. The molecule has 0 amide bonds. The van der Waals surface area contributed by atoms with Crippen LogP contribution in [0.25, 0.3) is 0 Å². The number of aryl methyl sites for hydroxylation is 1. The molecule has 0 N–H and O–H groups in total. The van der Waals surface area contributed by atoms with Crippen molar-refractivity contribution in [3.05, 3.63) is 59.9 Å². The van der Waals surface area contributed by atoms with E-state index in [9.17, 15) is 9.18 Å². The lowest BCUT2D eigenvalue weighted by atomic mass is 10.1. The number of rotatable bonds is 6. The monoisotopic (exact) mass is 288 g/mol. The minimum absolute atomic E-state index is 0.190. The van der Waals surface area contributed by atoms with Gasteiger partial charge in [-0.3, -0.25) is 0 Å². The van der Waals surface area contributed by atoms with Crippen molar-refractivity contribution in [1.82, 2.24) is 0 Å². The van der Waals surface area contributed by atoms with Gasteiger partial charge in [-0.15, -0.1) is 0 Å². The minimum atomic E-state index is -0.528. The maximum atomic E-state index is 12.7. The lowest BCUT2D eigenvalue weighted by Gasteiger charge is -2.07. The summed E-state index contributed by atoms with van der Waals surface area (Å²) in [6.45, 7) is 1.93. The summed E-state index contributed by atoms with van der Waals surface area (Å²) in [5.74, 6) is 0.00617. The van der Waals surface area contributed by atoms with Gasteiger partial charge >= 0.3 is 5.97 Å². The molecular weight excluding hydrogens is 271 g/mol. The van der Waals surface area contributed by atoms with Gasteiger partial charge in [0.1, 0.15) is 17.3 Å². The first-order chi connectivity index (χ1) is 10.2. The molecule has 0 bridgehead atoms. The molecule has 0 saturated carbocycles. The van der Waals surface area contributed by atoms with E-state index in [2.05, 4.69) is 6.92 Å². The van der Waals surface area contributed by atoms with E-state index in [4.69, 9.17) is 9.47 Å². The number of halogens is 1. The molecule has 2 aromatic rings. The summed E-state index contributed by atoms with van der Waals surface area (Å²) >= 11 is 0. The predicted octanol–water partition coefficient (Wildman–Crippen LogP) is 3.76. The lowest BCUT2D eigenvalue weighted by Crippen LogP contribution is -2.17. The third kappa shape index (κ3) is 4.91. The number of hydrogen-bond donors (Lipinski definition) is 0. The Bertz CT molecular complexity index is 576. The van der Waals surface area contributed by atoms with E-state index in [0.29, 0.717) is 11.5 Å². The van der Waals surface area contributed by atoms with Crippen molar-refractivity contribution in [2.45, 2.75) is 19.8 Å². The van der Waals surface area contributed by atoms with Crippen molar-refractivity contribution in [2.24, 2.45) is 0 Å². The largest absolute Gasteiger partial charge is 0.482 e. The highest BCUT2D eigenvalue weighted by molar-refractivity contribution is 5.73. The highest BCUT2D eigenvalue weighted by Gasteiger charge is 2.06. The van der Waals surface area contributed by atoms with Crippen LogP contribution in [0.3, 0.4) is 0 Å². The SMILES string of the molecule is CCCc1ccc(OCC(=O)Oc2ccc(F)cc2)cc1. The maximum Gasteiger partial charge on any atom is 0.349 e. The fraction of sp³-hybridized carbons (Fsp3) is 0.235. The fourth-order valence-corrected chi connectivity index (χ4v) is 1.85. The van der Waals surface area contributed by atoms with Crippen LogP contribution in [0.1, 0.15) is 18.9 Å². The van der Waals surface area contributed by atoms with Crippen molar-refractivity contribution in [2.75, 3.05) is 6.61 Å². The number of hydrogen-bond acceptors (Lipinski definition) is 3. The lowest BCUT2D eigenvalue weighted by molar-refractivity contribution is -0.136. The van der Waals surface area contributed by atoms with E-state index in [1.807, 2.05) is 24.3 Å². The van der Waals surface area contributed by atoms with Crippen molar-refractivity contribution in [3.63, 3.8) is 0 Å². The Morgan fingerprint density at radius 3 is 2.24 bits per heavy atom. The molecule has 0 heterocycles. The second-order valence-corrected chi connectivity index (χ2v) is 4.61. The third-order valence-electron chi connectivity index (χ3n) is 2.86. The summed E-state index contributed by atoms with van der Waals surface area (Å²) < 4.78 is 23.1. The summed E-state index contributed by atoms with van der Waals surface area (Å²) in [6, 6.07) is 12.9. The van der Waals surface area contributed by atoms with Gasteiger partial charge in [0, 0.05) is 0 Å². The smallest absolute Gasteiger partial charge is 0.349 e. The van der Waals surface area contributed by atoms with E-state index in [1.165, 1.54) is 29.8 Å². The highest BCUT2D eigenvalue weighted by atomic mass is 19.1. The topological polar surface area (TPSA) is 35.5 Å². The van der Waals surface area contributed by atoms with Gasteiger partial charge in [-0.2, -0.15) is 0 Å². The van der Waals surface area contributed by atoms with Gasteiger partial charge in [-0.25, -0.2) is 9.18 Å². The average Bonchev–Trinajstić information content (AvgIpc) is 2.49. The highest BCUT2D eigenvalue weighted by Crippen LogP contribution is 2.14. The zero-order chi connectivity index (χ0) is 15.1. The van der Waals surface area contributed by atoms with E-state index >= 15 is 0 Å². The number of esters is 1. The molecule has 0 saturated heterocycles. The van der Waals surface area contributed by atoms with Crippen molar-refractivity contribution < 1.29 is 18.7 Å². The first-order valence-corrected chi connectivity index (χ1v) is 6.85. The average molecular weight is 288 g/mol. The fourth-order valence-electron chi connectivity index (χ4n) is 1.85. The molecule has 0 fully saturated rings. The standard InChI is InChI=1S/C17H17FO3/c1-2-3-13-4-8-15(9-5-13)20-12-17(19)21-16-10-6-14(18)7-11-16/h4-11H,2-3,12H2,1H3. The van der Waals surface area contributed by atoms with Gasteiger partial charge in [0.25, 0.3) is 0 Å². The Morgan fingerprint density at radius 2 is 1.62 bits per heavy atom. The quantitative estimate of drug-likeness (QED) is 0.599. The Balaban J connectivity index is 1.81. The zero-order valence-electron chi connectivity index (χ0n) is 11.8. The predicted molar refractivity (Wildman–Crippen MR) is 78.0 cm³/mol. The van der Waals surface area contributed by atoms with Crippen LogP contribution in [0, 0.1) is 5.82 Å². The van der Waals surface area contributed by atoms with Gasteiger partial charge in [0.15, 0.2) is 6.61 Å². The Hall–Kier alpha value is -2.36. The van der Waals surface area contributed by atoms with Gasteiger partial charge in [0.05, 0.1) is 0 Å². The molecule has 0 spiro atoms. The molecule has 110 valence electrons. The molecule has 0 aliphatic rings. The molecule has 0 unspecified atom stereocenters. The zero-order valence-corrected chi connectivity index (χ0v) is 11.8. The van der Waals surface area contributed by atoms with Crippen LogP contribution in [-0.4, -0.2) is 12.6 Å². The molecular formula is C17H17FO3. The van der Waals surface area contributed by atoms with Gasteiger partial charge in [0.2, 0.25) is 0 Å². The Morgan fingerprint density at radius 1 is 1.00 bits per heavy atom. The van der Waals surface area contributed by atoms with E-state index in [1.54, 1.807) is 0 Å². The molecule has 4 heteroatoms.